The van der Waals surface area contributed by atoms with E-state index in [-0.39, 0.29) is 86.9 Å². The summed E-state index contributed by atoms with van der Waals surface area (Å²) in [4.78, 5) is 2.83. The molecular formula is C83H150N16O3S2. The van der Waals surface area contributed by atoms with Gasteiger partial charge in [-0.2, -0.15) is 15.4 Å². The second-order valence-electron chi connectivity index (χ2n) is 44.0. The largest absolute Gasteiger partial charge is 0.364 e. The maximum atomic E-state index is 5.31. The Balaban J connectivity index is 0.000000594. The van der Waals surface area contributed by atoms with Crippen molar-refractivity contribution in [3.8, 4) is 0 Å². The van der Waals surface area contributed by atoms with Crippen molar-refractivity contribution in [3.05, 3.63) is 109 Å². The molecular weight excluding hydrogens is 1330 g/mol. The third-order valence-electron chi connectivity index (χ3n) is 15.9. The zero-order chi connectivity index (χ0) is 82.2. The molecule has 0 atom stereocenters. The van der Waals surface area contributed by atoms with E-state index >= 15 is 0 Å². The van der Waals surface area contributed by atoms with Crippen molar-refractivity contribution in [1.82, 2.24) is 79.8 Å². The van der Waals surface area contributed by atoms with Crippen LogP contribution in [-0.4, -0.2) is 79.8 Å². The van der Waals surface area contributed by atoms with Gasteiger partial charge in [0.05, 0.1) is 28.8 Å². The summed E-state index contributed by atoms with van der Waals surface area (Å²) < 4.78 is 27.8. The zero-order valence-corrected chi connectivity index (χ0v) is 76.8. The summed E-state index contributed by atoms with van der Waals surface area (Å²) in [6, 6.07) is 0. The summed E-state index contributed by atoms with van der Waals surface area (Å²) in [5, 5.41) is 47.0. The summed E-state index contributed by atoms with van der Waals surface area (Å²) in [5.41, 5.74) is 11.8. The molecule has 0 unspecified atom stereocenters. The van der Waals surface area contributed by atoms with Crippen LogP contribution in [0.15, 0.2) is 44.9 Å². The Morgan fingerprint density at radius 2 is 0.702 bits per heavy atom. The predicted molar refractivity (Wildman–Crippen MR) is 438 cm³/mol. The van der Waals surface area contributed by atoms with Crippen molar-refractivity contribution in [1.29, 1.82) is 0 Å². The maximum Gasteiger partial charge on any atom is 0.157 e. The molecule has 0 aromatic carbocycles. The highest BCUT2D eigenvalue weighted by Gasteiger charge is 2.35. The average Bonchev–Trinajstić information content (AvgIpc) is 1.69. The molecule has 104 heavy (non-hydrogen) atoms. The monoisotopic (exact) mass is 1480 g/mol. The van der Waals surface area contributed by atoms with Gasteiger partial charge < -0.3 is 13.6 Å². The van der Waals surface area contributed by atoms with E-state index in [2.05, 4.69) is 407 Å². The Morgan fingerprint density at radius 3 is 0.952 bits per heavy atom. The van der Waals surface area contributed by atoms with Gasteiger partial charge in [-0.05, 0) is 119 Å². The van der Waals surface area contributed by atoms with Crippen molar-refractivity contribution < 1.29 is 13.7 Å². The Kier molecular flexibility index (Phi) is 31.6. The van der Waals surface area contributed by atoms with E-state index in [0.717, 1.165) is 45.9 Å². The minimum atomic E-state index is -0.0495. The molecule has 8 heterocycles. The van der Waals surface area contributed by atoms with Crippen LogP contribution in [0.5, 0.6) is 0 Å². The Hall–Kier alpha value is -5.83. The molecule has 8 aromatic rings. The lowest BCUT2D eigenvalue weighted by molar-refractivity contribution is 0.290. The molecule has 19 nitrogen and oxygen atoms in total. The lowest BCUT2D eigenvalue weighted by atomic mass is 9.80. The number of hydrogen-bond acceptors (Lipinski definition) is 18. The lowest BCUT2D eigenvalue weighted by Crippen LogP contribution is -2.30. The van der Waals surface area contributed by atoms with Gasteiger partial charge in [-0.1, -0.05) is 311 Å². The summed E-state index contributed by atoms with van der Waals surface area (Å²) in [6.45, 7) is 104. The van der Waals surface area contributed by atoms with Crippen LogP contribution >= 0.6 is 23.1 Å². The molecule has 592 valence electrons. The first-order valence-corrected chi connectivity index (χ1v) is 38.6. The van der Waals surface area contributed by atoms with Gasteiger partial charge in [0.15, 0.2) is 5.82 Å². The Labute approximate surface area is 641 Å². The molecule has 1 N–H and O–H groups in total. The molecule has 0 saturated carbocycles. The van der Waals surface area contributed by atoms with Crippen LogP contribution in [0, 0.1) is 0 Å². The fourth-order valence-corrected chi connectivity index (χ4v) is 12.0. The fourth-order valence-electron chi connectivity index (χ4n) is 10.0. The van der Waals surface area contributed by atoms with Gasteiger partial charge in [0.2, 0.25) is 0 Å². The number of rotatable bonds is 0. The van der Waals surface area contributed by atoms with Gasteiger partial charge >= 0.3 is 0 Å². The highest BCUT2D eigenvalue weighted by atomic mass is 32.1. The molecule has 0 radical (unpaired) electrons. The summed E-state index contributed by atoms with van der Waals surface area (Å²) >= 11 is 3.27. The van der Waals surface area contributed by atoms with Crippen molar-refractivity contribution >= 4 is 23.1 Å². The number of nitrogens with one attached hydrogen (secondary N) is 1. The van der Waals surface area contributed by atoms with E-state index in [1.807, 2.05) is 23.3 Å². The van der Waals surface area contributed by atoms with E-state index in [1.165, 1.54) is 32.0 Å². The minimum Gasteiger partial charge on any atom is -0.364 e. The van der Waals surface area contributed by atoms with Crippen LogP contribution < -0.4 is 0 Å². The normalized spacial score (nSPS) is 13.4. The SMILES string of the molecule is CC(C)(C)c1cnoc1C(C)(C)C.CC(C)(C)c1cnsc1C(C)(C)C.CC(C)(C)c1cnsc1C(C)(C)C.CC(C)(C)c1conc1C(C)(C)C.CC(C)(C)c1n[nH]nc1C(C)(C)C.CC(C)(C)c1nncn1C(C)(C)C.CC(C)(C)c1nnnn1C(C)(C)C.CC(C)(C)c1nonc1C(C)(C)C. The van der Waals surface area contributed by atoms with Gasteiger partial charge in [-0.25, -0.2) is 18.1 Å². The average molecular weight is 1480 g/mol. The van der Waals surface area contributed by atoms with E-state index < -0.39 is 0 Å². The number of aromatic nitrogens is 16. The number of H-pyrrole nitrogens is 1. The zero-order valence-electron chi connectivity index (χ0n) is 75.1. The topological polar surface area (TPSA) is 233 Å². The summed E-state index contributed by atoms with van der Waals surface area (Å²) in [6.07, 6.45) is 9.44. The maximum absolute atomic E-state index is 5.31. The van der Waals surface area contributed by atoms with Crippen LogP contribution in [-0.2, 0) is 86.9 Å². The molecule has 0 saturated heterocycles. The lowest BCUT2D eigenvalue weighted by Gasteiger charge is -2.27. The second-order valence-corrected chi connectivity index (χ2v) is 45.6. The van der Waals surface area contributed by atoms with Crippen LogP contribution in [0.4, 0.5) is 0 Å². The molecule has 8 aromatic heterocycles. The first-order valence-electron chi connectivity index (χ1n) is 37.1. The van der Waals surface area contributed by atoms with Gasteiger partial charge in [0.1, 0.15) is 35.6 Å². The van der Waals surface area contributed by atoms with Gasteiger partial charge in [0.25, 0.3) is 0 Å². The predicted octanol–water partition coefficient (Wildman–Crippen LogP) is 23.1. The molecule has 0 amide bonds. The van der Waals surface area contributed by atoms with Crippen LogP contribution in [0.1, 0.15) is 410 Å². The second kappa shape index (κ2) is 34.2. The molecule has 0 spiro atoms. The van der Waals surface area contributed by atoms with Crippen molar-refractivity contribution in [2.24, 2.45) is 0 Å². The third kappa shape index (κ3) is 30.1. The van der Waals surface area contributed by atoms with Gasteiger partial charge in [0, 0.05) is 82.1 Å². The van der Waals surface area contributed by atoms with Crippen LogP contribution in [0.25, 0.3) is 0 Å². The minimum absolute atomic E-state index is 0.00259. The van der Waals surface area contributed by atoms with Gasteiger partial charge in [-0.15, -0.1) is 15.3 Å². The summed E-state index contributed by atoms with van der Waals surface area (Å²) in [5.74, 6) is 2.97. The highest BCUT2D eigenvalue weighted by molar-refractivity contribution is 7.06. The smallest absolute Gasteiger partial charge is 0.157 e. The van der Waals surface area contributed by atoms with E-state index in [9.17, 15) is 0 Å². The first kappa shape index (κ1) is 96.2. The van der Waals surface area contributed by atoms with E-state index in [4.69, 9.17) is 13.7 Å². The molecule has 0 fully saturated rings. The Bertz CT molecular complexity index is 2820. The first-order chi connectivity index (χ1) is 45.8. The van der Waals surface area contributed by atoms with E-state index in [0.29, 0.717) is 0 Å². The molecule has 21 heteroatoms. The number of tetrazole rings is 1. The van der Waals surface area contributed by atoms with E-state index in [1.54, 1.807) is 35.7 Å². The van der Waals surface area contributed by atoms with Crippen molar-refractivity contribution in [2.75, 3.05) is 0 Å². The molecule has 0 aliphatic rings. The molecule has 8 rings (SSSR count). The van der Waals surface area contributed by atoms with Crippen molar-refractivity contribution in [2.45, 2.75) is 419 Å². The quantitative estimate of drug-likeness (QED) is 0.149. The molecule has 0 aliphatic heterocycles. The van der Waals surface area contributed by atoms with Crippen LogP contribution in [0.3, 0.4) is 0 Å². The Morgan fingerprint density at radius 1 is 0.337 bits per heavy atom. The van der Waals surface area contributed by atoms with Gasteiger partial charge in [-0.3, -0.25) is 0 Å². The number of nitrogens with zero attached hydrogens (tertiary/aromatic N) is 15. The standard InChI is InChI=1S/2C11H19NO.2C11H19NS.2C10H19N3.C10H18N2O.C9H18N4/c1-10(2,3)8-7-13-12-9(8)11(4,5)6;3*1-10(2,3)8-7-12-13-9(8)11(4,5)6;1-9(2,3)8-12-11-7-13(8)10(4,5)6;2*1-9(2,3)7-8(10(4,5)6)12-13-11-7;1-8(2,3)7-10-11-12-13(7)9(4,5)6/h5*7H,1-6H3;1-6H3,(H,11,12,13);2*1-6H3. The third-order valence-corrected chi connectivity index (χ3v) is 18.3. The summed E-state index contributed by atoms with van der Waals surface area (Å²) in [7, 11) is 0. The molecule has 0 aliphatic carbocycles. The number of hydrogen-bond donors (Lipinski definition) is 1. The van der Waals surface area contributed by atoms with Crippen molar-refractivity contribution in [3.63, 3.8) is 0 Å². The fraction of sp³-hybridized carbons (Fsp3) is 0.771. The molecule has 0 bridgehead atoms. The number of aromatic amines is 1. The highest BCUT2D eigenvalue weighted by Crippen LogP contribution is 2.40. The van der Waals surface area contributed by atoms with Crippen LogP contribution in [0.2, 0.25) is 0 Å².